The van der Waals surface area contributed by atoms with Crippen molar-refractivity contribution in [3.8, 4) is 23.1 Å². The number of imidazole rings is 2. The van der Waals surface area contributed by atoms with Gasteiger partial charge in [0.1, 0.15) is 34.2 Å². The van der Waals surface area contributed by atoms with Crippen LogP contribution in [0.1, 0.15) is 33.6 Å². The van der Waals surface area contributed by atoms with Crippen LogP contribution in [0.25, 0.3) is 34.0 Å². The number of anilines is 2. The van der Waals surface area contributed by atoms with Crippen molar-refractivity contribution < 1.29 is 9.47 Å². The third-order valence-electron chi connectivity index (χ3n) is 7.57. The summed E-state index contributed by atoms with van der Waals surface area (Å²) in [5.74, 6) is 3.37. The molecule has 0 aromatic carbocycles. The molecule has 0 fully saturated rings. The number of fused-ring (bicyclic) bond motifs is 6. The molecular weight excluding hydrogens is 604 g/mol. The quantitative estimate of drug-likeness (QED) is 0.248. The summed E-state index contributed by atoms with van der Waals surface area (Å²) in [4.78, 5) is 60.1. The Hall–Kier alpha value is -5.80. The molecule has 0 amide bonds. The number of aromatic amines is 2. The highest BCUT2D eigenvalue weighted by molar-refractivity contribution is 5.80. The lowest BCUT2D eigenvalue weighted by Crippen LogP contribution is -2.26. The van der Waals surface area contributed by atoms with E-state index in [1.165, 1.54) is 9.13 Å². The van der Waals surface area contributed by atoms with Crippen LogP contribution >= 0.6 is 0 Å². The second-order valence-electron chi connectivity index (χ2n) is 10.7. The number of pyridine rings is 2. The molecule has 0 saturated carbocycles. The molecule has 2 aliphatic rings. The number of hydrogen-bond donors (Lipinski definition) is 2. The van der Waals surface area contributed by atoms with Crippen LogP contribution in [0.15, 0.2) is 58.6 Å². The lowest BCUT2D eigenvalue weighted by atomic mass is 10.2. The number of nitrogens with one attached hydrogen (secondary N) is 2. The zero-order valence-corrected chi connectivity index (χ0v) is 26.8. The van der Waals surface area contributed by atoms with E-state index < -0.39 is 0 Å². The van der Waals surface area contributed by atoms with E-state index in [0.717, 1.165) is 25.9 Å². The maximum Gasteiger partial charge on any atom is 0.333 e. The minimum absolute atomic E-state index is 0.0157. The van der Waals surface area contributed by atoms with Gasteiger partial charge in [0.05, 0.1) is 12.7 Å². The molecule has 16 nitrogen and oxygen atoms in total. The Balaban J connectivity index is 0.000000156. The first-order valence-electron chi connectivity index (χ1n) is 15.5. The summed E-state index contributed by atoms with van der Waals surface area (Å²) >= 11 is 0. The molecule has 1 atom stereocenters. The number of aromatic nitrogens is 10. The molecule has 0 spiro atoms. The molecule has 16 heteroatoms. The normalized spacial score (nSPS) is 15.6. The van der Waals surface area contributed by atoms with E-state index in [-0.39, 0.29) is 17.5 Å². The van der Waals surface area contributed by atoms with Crippen LogP contribution in [-0.2, 0) is 0 Å². The predicted octanol–water partition coefficient (Wildman–Crippen LogP) is 2.86. The summed E-state index contributed by atoms with van der Waals surface area (Å²) in [7, 11) is 3.84. The summed E-state index contributed by atoms with van der Waals surface area (Å²) in [6.07, 6.45) is 8.16. The lowest BCUT2D eigenvalue weighted by Gasteiger charge is -2.19. The van der Waals surface area contributed by atoms with Gasteiger partial charge in [-0.1, -0.05) is 13.8 Å². The summed E-state index contributed by atoms with van der Waals surface area (Å²) in [6.45, 7) is 8.06. The minimum atomic E-state index is -0.303. The monoisotopic (exact) mass is 640 g/mol. The first kappa shape index (κ1) is 31.2. The molecule has 47 heavy (non-hydrogen) atoms. The van der Waals surface area contributed by atoms with Gasteiger partial charge in [0.15, 0.2) is 11.3 Å². The fourth-order valence-electron chi connectivity index (χ4n) is 5.28. The van der Waals surface area contributed by atoms with Crippen LogP contribution in [-0.4, -0.2) is 88.9 Å². The van der Waals surface area contributed by atoms with Gasteiger partial charge in [-0.2, -0.15) is 9.97 Å². The van der Waals surface area contributed by atoms with E-state index in [2.05, 4.69) is 39.9 Å². The second-order valence-corrected chi connectivity index (χ2v) is 10.7. The van der Waals surface area contributed by atoms with Crippen LogP contribution < -0.4 is 30.7 Å². The summed E-state index contributed by atoms with van der Waals surface area (Å²) < 4.78 is 14.8. The third kappa shape index (κ3) is 6.08. The van der Waals surface area contributed by atoms with E-state index in [1.54, 1.807) is 49.1 Å². The van der Waals surface area contributed by atoms with Crippen LogP contribution in [0.4, 0.5) is 11.9 Å². The fraction of sp³-hybridized carbons (Fsp3) is 0.355. The number of nitrogens with zero attached hydrogens (tertiary/aromatic N) is 10. The zero-order chi connectivity index (χ0) is 33.1. The van der Waals surface area contributed by atoms with Gasteiger partial charge in [-0.25, -0.2) is 38.7 Å². The van der Waals surface area contributed by atoms with E-state index in [9.17, 15) is 9.59 Å². The zero-order valence-electron chi connectivity index (χ0n) is 26.8. The Labute approximate surface area is 269 Å². The van der Waals surface area contributed by atoms with Crippen molar-refractivity contribution in [3.63, 3.8) is 0 Å². The number of ether oxygens (including phenoxy) is 2. The molecule has 8 heterocycles. The molecule has 8 rings (SSSR count). The molecule has 0 aliphatic carbocycles. The average Bonchev–Trinajstić information content (AvgIpc) is 3.61. The van der Waals surface area contributed by atoms with Crippen molar-refractivity contribution in [1.82, 2.24) is 49.0 Å². The Morgan fingerprint density at radius 3 is 1.83 bits per heavy atom. The maximum atomic E-state index is 12.4. The van der Waals surface area contributed by atoms with Crippen LogP contribution in [0.5, 0.6) is 11.5 Å². The largest absolute Gasteiger partial charge is 0.491 e. The minimum Gasteiger partial charge on any atom is -0.491 e. The molecule has 2 aliphatic heterocycles. The lowest BCUT2D eigenvalue weighted by molar-refractivity contribution is 0.215. The van der Waals surface area contributed by atoms with Gasteiger partial charge in [0.25, 0.3) is 0 Å². The van der Waals surface area contributed by atoms with Crippen molar-refractivity contribution in [1.29, 1.82) is 0 Å². The van der Waals surface area contributed by atoms with E-state index in [4.69, 9.17) is 9.47 Å². The standard InChI is InChI=1S/C15H16N6O2.C14H14N6O2.C2H6/c1-9-5-8-20(2)14-17-7-4-11(18-14)21-12-10(23-9)3-6-16-13(12)19-15(21)22;1-19-7-2-8-22-9-3-5-15-12-11(9)20(14(21)18-12)10-4-6-16-13(19)17-10;1-2/h3-4,6-7,9H,5,8H2,1-2H3,(H,16,19,22);3-6H,2,7-8H2,1H3,(H,15,18,21);1-2H3. The molecule has 0 radical (unpaired) electrons. The number of H-pyrrole nitrogens is 2. The average molecular weight is 641 g/mol. The highest BCUT2D eigenvalue weighted by Crippen LogP contribution is 2.27. The summed E-state index contributed by atoms with van der Waals surface area (Å²) in [5.41, 5.74) is 1.55. The van der Waals surface area contributed by atoms with E-state index in [1.807, 2.05) is 44.7 Å². The van der Waals surface area contributed by atoms with Gasteiger partial charge < -0.3 is 19.3 Å². The van der Waals surface area contributed by atoms with Crippen molar-refractivity contribution in [2.24, 2.45) is 0 Å². The van der Waals surface area contributed by atoms with Crippen LogP contribution in [0, 0.1) is 0 Å². The Bertz CT molecular complexity index is 2140. The molecule has 2 N–H and O–H groups in total. The molecule has 244 valence electrons. The van der Waals surface area contributed by atoms with Crippen molar-refractivity contribution in [2.75, 3.05) is 43.6 Å². The second kappa shape index (κ2) is 13.3. The van der Waals surface area contributed by atoms with E-state index >= 15 is 0 Å². The van der Waals surface area contributed by atoms with Crippen LogP contribution in [0.3, 0.4) is 0 Å². The molecule has 6 aromatic heterocycles. The topological polar surface area (TPSA) is 178 Å². The summed E-state index contributed by atoms with van der Waals surface area (Å²) in [5, 5.41) is 0. The smallest absolute Gasteiger partial charge is 0.333 e. The molecule has 4 bridgehead atoms. The fourth-order valence-corrected chi connectivity index (χ4v) is 5.28. The maximum absolute atomic E-state index is 12.4. The van der Waals surface area contributed by atoms with Gasteiger partial charge in [0, 0.05) is 82.7 Å². The first-order valence-corrected chi connectivity index (χ1v) is 15.5. The first-order chi connectivity index (χ1) is 22.9. The molecule has 1 unspecified atom stereocenters. The number of hydrogen-bond acceptors (Lipinski definition) is 12. The number of rotatable bonds is 0. The van der Waals surface area contributed by atoms with Gasteiger partial charge in [0.2, 0.25) is 11.9 Å². The Kier molecular flexibility index (Phi) is 8.81. The highest BCUT2D eigenvalue weighted by Gasteiger charge is 2.21. The van der Waals surface area contributed by atoms with Crippen molar-refractivity contribution in [3.05, 3.63) is 70.0 Å². The van der Waals surface area contributed by atoms with Gasteiger partial charge in [-0.05, 0) is 13.3 Å². The molecule has 0 saturated heterocycles. The van der Waals surface area contributed by atoms with Gasteiger partial charge in [-0.15, -0.1) is 0 Å². The van der Waals surface area contributed by atoms with Crippen LogP contribution in [0.2, 0.25) is 0 Å². The summed E-state index contributed by atoms with van der Waals surface area (Å²) in [6, 6.07) is 6.92. The highest BCUT2D eigenvalue weighted by atomic mass is 16.5. The SMILES string of the molecule is CC.CC1CCN(C)c2nccc(n2)-n2c(=O)[nH]c3nccc(c32)O1.CN1CCCOc2ccnc3[nH]c(=O)n(c23)-c2ccnc1n2. The molecule has 6 aromatic rings. The van der Waals surface area contributed by atoms with Gasteiger partial charge in [-0.3, -0.25) is 9.97 Å². The van der Waals surface area contributed by atoms with Crippen molar-refractivity contribution >= 4 is 34.2 Å². The van der Waals surface area contributed by atoms with Crippen molar-refractivity contribution in [2.45, 2.75) is 39.7 Å². The Morgan fingerprint density at radius 2 is 1.23 bits per heavy atom. The van der Waals surface area contributed by atoms with E-state index in [0.29, 0.717) is 64.0 Å². The molecular formula is C31H36N12O4. The Morgan fingerprint density at radius 1 is 0.723 bits per heavy atom. The third-order valence-corrected chi connectivity index (χ3v) is 7.57. The van der Waals surface area contributed by atoms with Gasteiger partial charge >= 0.3 is 11.4 Å². The predicted molar refractivity (Wildman–Crippen MR) is 177 cm³/mol.